The van der Waals surface area contributed by atoms with Crippen LogP contribution in [0.1, 0.15) is 29.1 Å². The number of anilines is 1. The zero-order valence-electron chi connectivity index (χ0n) is 14.7. The van der Waals surface area contributed by atoms with Gasteiger partial charge in [-0.25, -0.2) is 4.98 Å². The maximum atomic E-state index is 12.8. The Morgan fingerprint density at radius 3 is 2.77 bits per heavy atom. The van der Waals surface area contributed by atoms with Crippen LogP contribution in [0, 0.1) is 6.92 Å². The first kappa shape index (κ1) is 16.8. The van der Waals surface area contributed by atoms with Crippen molar-refractivity contribution in [1.29, 1.82) is 0 Å². The van der Waals surface area contributed by atoms with Crippen LogP contribution in [0.3, 0.4) is 0 Å². The van der Waals surface area contributed by atoms with Gasteiger partial charge >= 0.3 is 0 Å². The predicted octanol–water partition coefficient (Wildman–Crippen LogP) is 2.02. The van der Waals surface area contributed by atoms with E-state index >= 15 is 0 Å². The first-order valence-corrected chi connectivity index (χ1v) is 8.77. The number of oxazole rings is 1. The number of morpholine rings is 1. The molecule has 1 atom stereocenters. The minimum absolute atomic E-state index is 0.0261. The van der Waals surface area contributed by atoms with Crippen LogP contribution >= 0.6 is 0 Å². The van der Waals surface area contributed by atoms with E-state index in [-0.39, 0.29) is 24.2 Å². The van der Waals surface area contributed by atoms with Crippen molar-refractivity contribution < 1.29 is 18.7 Å². The second-order valence-electron chi connectivity index (χ2n) is 6.88. The van der Waals surface area contributed by atoms with E-state index in [1.54, 1.807) is 16.7 Å². The van der Waals surface area contributed by atoms with Crippen LogP contribution in [-0.2, 0) is 9.53 Å². The number of para-hydroxylation sites is 1. The molecule has 1 spiro atoms. The number of rotatable bonds is 2. The lowest BCUT2D eigenvalue weighted by Crippen LogP contribution is -2.62. The first-order chi connectivity index (χ1) is 12.6. The summed E-state index contributed by atoms with van der Waals surface area (Å²) in [5.74, 6) is 0.0380. The molecule has 7 heteroatoms. The molecule has 2 aliphatic heterocycles. The molecular formula is C19H21N3O4. The molecule has 2 aliphatic rings. The van der Waals surface area contributed by atoms with Gasteiger partial charge in [-0.1, -0.05) is 18.2 Å². The van der Waals surface area contributed by atoms with Crippen molar-refractivity contribution >= 4 is 17.5 Å². The summed E-state index contributed by atoms with van der Waals surface area (Å²) >= 11 is 0. The van der Waals surface area contributed by atoms with E-state index in [1.807, 2.05) is 30.3 Å². The lowest BCUT2D eigenvalue weighted by atomic mass is 9.90. The fraction of sp³-hybridized carbons (Fsp3) is 0.421. The third-order valence-corrected chi connectivity index (χ3v) is 5.08. The van der Waals surface area contributed by atoms with Crippen molar-refractivity contribution in [3.63, 3.8) is 0 Å². The summed E-state index contributed by atoms with van der Waals surface area (Å²) < 4.78 is 11.2. The summed E-state index contributed by atoms with van der Waals surface area (Å²) in [6.45, 7) is 3.29. The number of carbonyl (C=O) groups is 2. The normalized spacial score (nSPS) is 23.5. The van der Waals surface area contributed by atoms with Crippen molar-refractivity contribution in [1.82, 2.24) is 9.88 Å². The third-order valence-electron chi connectivity index (χ3n) is 5.08. The van der Waals surface area contributed by atoms with E-state index in [2.05, 4.69) is 4.98 Å². The summed E-state index contributed by atoms with van der Waals surface area (Å²) in [6.07, 6.45) is 2.91. The Labute approximate surface area is 151 Å². The van der Waals surface area contributed by atoms with Crippen molar-refractivity contribution in [2.24, 2.45) is 0 Å². The topological polar surface area (TPSA) is 75.9 Å². The standard InChI is InChI=1S/C19H21N3O4/c1-14-17(25-13-20-14)18(24)21-9-5-8-19(11-21)12-22(16(23)10-26-19)15-6-3-2-4-7-15/h2-4,6-7,13H,5,8-12H2,1H3. The molecule has 0 N–H and O–H groups in total. The Kier molecular flexibility index (Phi) is 4.24. The van der Waals surface area contributed by atoms with Crippen LogP contribution in [-0.4, -0.2) is 53.5 Å². The van der Waals surface area contributed by atoms with Crippen molar-refractivity contribution in [2.45, 2.75) is 25.4 Å². The van der Waals surface area contributed by atoms with Gasteiger partial charge in [0.2, 0.25) is 5.76 Å². The zero-order valence-corrected chi connectivity index (χ0v) is 14.7. The number of hydrogen-bond acceptors (Lipinski definition) is 5. The number of nitrogens with zero attached hydrogens (tertiary/aromatic N) is 3. The first-order valence-electron chi connectivity index (χ1n) is 8.77. The molecule has 0 saturated carbocycles. The number of piperidine rings is 1. The molecule has 2 aromatic rings. The van der Waals surface area contributed by atoms with E-state index in [4.69, 9.17) is 9.15 Å². The fourth-order valence-corrected chi connectivity index (χ4v) is 3.73. The molecule has 0 aliphatic carbocycles. The Hall–Kier alpha value is -2.67. The van der Waals surface area contributed by atoms with Gasteiger partial charge in [-0.3, -0.25) is 9.59 Å². The van der Waals surface area contributed by atoms with Gasteiger partial charge in [-0.2, -0.15) is 0 Å². The molecule has 0 radical (unpaired) electrons. The summed E-state index contributed by atoms with van der Waals surface area (Å²) in [6, 6.07) is 9.58. The smallest absolute Gasteiger partial charge is 0.291 e. The van der Waals surface area contributed by atoms with Gasteiger partial charge in [0.1, 0.15) is 12.2 Å². The predicted molar refractivity (Wildman–Crippen MR) is 93.9 cm³/mol. The number of ether oxygens (including phenoxy) is 1. The number of hydrogen-bond donors (Lipinski definition) is 0. The number of carbonyl (C=O) groups excluding carboxylic acids is 2. The third kappa shape index (κ3) is 2.99. The molecule has 1 aromatic carbocycles. The van der Waals surface area contributed by atoms with Crippen LogP contribution < -0.4 is 4.90 Å². The monoisotopic (exact) mass is 355 g/mol. The molecule has 7 nitrogen and oxygen atoms in total. The quantitative estimate of drug-likeness (QED) is 0.824. The Morgan fingerprint density at radius 1 is 1.23 bits per heavy atom. The van der Waals surface area contributed by atoms with E-state index in [9.17, 15) is 9.59 Å². The van der Waals surface area contributed by atoms with Crippen LogP contribution in [0.15, 0.2) is 41.1 Å². The number of likely N-dealkylation sites (tertiary alicyclic amines) is 1. The van der Waals surface area contributed by atoms with E-state index in [1.165, 1.54) is 6.39 Å². The molecule has 136 valence electrons. The molecule has 4 rings (SSSR count). The summed E-state index contributed by atoms with van der Waals surface area (Å²) in [5, 5.41) is 0. The highest BCUT2D eigenvalue weighted by Gasteiger charge is 2.45. The molecular weight excluding hydrogens is 334 g/mol. The van der Waals surface area contributed by atoms with E-state index in [0.717, 1.165) is 18.5 Å². The number of aryl methyl sites for hydroxylation is 1. The lowest BCUT2D eigenvalue weighted by Gasteiger charge is -2.47. The van der Waals surface area contributed by atoms with Gasteiger partial charge < -0.3 is 19.0 Å². The van der Waals surface area contributed by atoms with Gasteiger partial charge in [0.05, 0.1) is 18.8 Å². The molecule has 26 heavy (non-hydrogen) atoms. The molecule has 1 unspecified atom stereocenters. The summed E-state index contributed by atoms with van der Waals surface area (Å²) in [7, 11) is 0. The number of benzene rings is 1. The SMILES string of the molecule is Cc1ncoc1C(=O)N1CCCC2(C1)CN(c1ccccc1)C(=O)CO2. The van der Waals surface area contributed by atoms with Crippen LogP contribution in [0.2, 0.25) is 0 Å². The highest BCUT2D eigenvalue weighted by molar-refractivity contribution is 5.95. The van der Waals surface area contributed by atoms with Crippen LogP contribution in [0.25, 0.3) is 0 Å². The Bertz CT molecular complexity index is 819. The van der Waals surface area contributed by atoms with Crippen molar-refractivity contribution in [3.05, 3.63) is 48.2 Å². The molecule has 2 saturated heterocycles. The van der Waals surface area contributed by atoms with Gasteiger partial charge in [0.25, 0.3) is 11.8 Å². The maximum absolute atomic E-state index is 12.8. The van der Waals surface area contributed by atoms with Gasteiger partial charge in [-0.15, -0.1) is 0 Å². The van der Waals surface area contributed by atoms with Gasteiger partial charge in [0, 0.05) is 12.2 Å². The lowest BCUT2D eigenvalue weighted by molar-refractivity contribution is -0.144. The van der Waals surface area contributed by atoms with Crippen LogP contribution in [0.5, 0.6) is 0 Å². The van der Waals surface area contributed by atoms with Crippen LogP contribution in [0.4, 0.5) is 5.69 Å². The minimum atomic E-state index is -0.550. The molecule has 2 fully saturated rings. The van der Waals surface area contributed by atoms with E-state index in [0.29, 0.717) is 25.3 Å². The maximum Gasteiger partial charge on any atom is 0.291 e. The Morgan fingerprint density at radius 2 is 2.04 bits per heavy atom. The van der Waals surface area contributed by atoms with Gasteiger partial charge in [-0.05, 0) is 31.9 Å². The molecule has 1 aromatic heterocycles. The average Bonchev–Trinajstić information content (AvgIpc) is 3.10. The van der Waals surface area contributed by atoms with Crippen molar-refractivity contribution in [3.8, 4) is 0 Å². The molecule has 2 amide bonds. The highest BCUT2D eigenvalue weighted by Crippen LogP contribution is 2.32. The number of aromatic nitrogens is 1. The van der Waals surface area contributed by atoms with Gasteiger partial charge in [0.15, 0.2) is 6.39 Å². The minimum Gasteiger partial charge on any atom is -0.438 e. The highest BCUT2D eigenvalue weighted by atomic mass is 16.5. The fourth-order valence-electron chi connectivity index (χ4n) is 3.73. The summed E-state index contributed by atoms with van der Waals surface area (Å²) in [5.41, 5.74) is 0.890. The largest absolute Gasteiger partial charge is 0.438 e. The van der Waals surface area contributed by atoms with E-state index < -0.39 is 5.60 Å². The second kappa shape index (κ2) is 6.57. The second-order valence-corrected chi connectivity index (χ2v) is 6.88. The Balaban J connectivity index is 1.55. The van der Waals surface area contributed by atoms with Crippen molar-refractivity contribution in [2.75, 3.05) is 31.1 Å². The average molecular weight is 355 g/mol. The zero-order chi connectivity index (χ0) is 18.1. The molecule has 3 heterocycles. The number of amides is 2. The summed E-state index contributed by atoms with van der Waals surface area (Å²) in [4.78, 5) is 32.7. The molecule has 0 bridgehead atoms.